The number of phenolic OH excluding ortho intramolecular Hbond substituents is 1. The van der Waals surface area contributed by atoms with Crippen LogP contribution in [0.2, 0.25) is 0 Å². The van der Waals surface area contributed by atoms with Crippen molar-refractivity contribution < 1.29 is 9.84 Å². The molecule has 100 valence electrons. The van der Waals surface area contributed by atoms with Crippen LogP contribution >= 0.6 is 24.0 Å². The van der Waals surface area contributed by atoms with Gasteiger partial charge in [-0.05, 0) is 31.0 Å². The number of hydrogen-bond donors (Lipinski definition) is 3. The summed E-state index contributed by atoms with van der Waals surface area (Å²) in [5.74, 6) is 1.32. The molecule has 1 aromatic rings. The molecule has 0 amide bonds. The van der Waals surface area contributed by atoms with Crippen LogP contribution in [0.15, 0.2) is 23.2 Å². The molecule has 1 aliphatic rings. The summed E-state index contributed by atoms with van der Waals surface area (Å²) in [5.41, 5.74) is 6.41. The fraction of sp³-hybridized carbons (Fsp3) is 0.417. The van der Waals surface area contributed by atoms with E-state index in [-0.39, 0.29) is 29.7 Å². The lowest BCUT2D eigenvalue weighted by molar-refractivity contribution is 0.411. The first kappa shape index (κ1) is 14.9. The summed E-state index contributed by atoms with van der Waals surface area (Å²) in [6, 6.07) is 5.53. The number of hydrogen-bond acceptors (Lipinski definition) is 3. The van der Waals surface area contributed by atoms with Crippen molar-refractivity contribution in [3.8, 4) is 11.5 Å². The quantitative estimate of drug-likeness (QED) is 0.431. The lowest BCUT2D eigenvalue weighted by Crippen LogP contribution is -2.33. The summed E-state index contributed by atoms with van der Waals surface area (Å²) >= 11 is 0. The highest BCUT2D eigenvalue weighted by Gasteiger charge is 2.21. The Morgan fingerprint density at radius 3 is 2.89 bits per heavy atom. The zero-order valence-electron chi connectivity index (χ0n) is 10.2. The molecule has 0 aliphatic heterocycles. The summed E-state index contributed by atoms with van der Waals surface area (Å²) in [6.07, 6.45) is 2.31. The van der Waals surface area contributed by atoms with Gasteiger partial charge in [0.2, 0.25) is 0 Å². The minimum Gasteiger partial charge on any atom is -0.508 e. The third kappa shape index (κ3) is 4.25. The van der Waals surface area contributed by atoms with Gasteiger partial charge in [-0.15, -0.1) is 24.0 Å². The van der Waals surface area contributed by atoms with Gasteiger partial charge in [-0.1, -0.05) is 0 Å². The maximum absolute atomic E-state index is 9.65. The van der Waals surface area contributed by atoms with E-state index in [4.69, 9.17) is 10.5 Å². The number of aromatic hydroxyl groups is 1. The summed E-state index contributed by atoms with van der Waals surface area (Å²) in [4.78, 5) is 4.18. The summed E-state index contributed by atoms with van der Waals surface area (Å²) in [5, 5.41) is 12.7. The predicted molar refractivity (Wildman–Crippen MR) is 81.6 cm³/mol. The Morgan fingerprint density at radius 1 is 1.56 bits per heavy atom. The Bertz CT molecular complexity index is 433. The average molecular weight is 363 g/mol. The fourth-order valence-electron chi connectivity index (χ4n) is 1.47. The maximum atomic E-state index is 9.65. The third-order valence-corrected chi connectivity index (χ3v) is 2.64. The van der Waals surface area contributed by atoms with Gasteiger partial charge in [-0.25, -0.2) is 4.99 Å². The number of ether oxygens (including phenoxy) is 1. The Labute approximate surface area is 123 Å². The lowest BCUT2D eigenvalue weighted by atomic mass is 10.2. The first-order valence-corrected chi connectivity index (χ1v) is 5.61. The van der Waals surface area contributed by atoms with Crippen molar-refractivity contribution >= 4 is 29.9 Å². The molecule has 6 heteroatoms. The number of phenols is 1. The van der Waals surface area contributed by atoms with E-state index in [0.717, 1.165) is 12.8 Å². The molecular formula is C12H18IN3O2. The van der Waals surface area contributed by atoms with Gasteiger partial charge in [0, 0.05) is 11.6 Å². The molecule has 2 rings (SSSR count). The molecule has 4 N–H and O–H groups in total. The molecule has 0 bridgehead atoms. The number of halogens is 1. The minimum atomic E-state index is 0. The molecule has 0 radical (unpaired) electrons. The van der Waals surface area contributed by atoms with Crippen molar-refractivity contribution in [3.63, 3.8) is 0 Å². The molecule has 0 heterocycles. The highest BCUT2D eigenvalue weighted by atomic mass is 127. The standard InChI is InChI=1S/C12H17N3O2.HI/c1-17-10-4-5-11(16)8(6-10)7-14-12(13)15-9-2-3-9;/h4-6,9,16H,2-3,7H2,1H3,(H3,13,14,15);1H. The van der Waals surface area contributed by atoms with Gasteiger partial charge in [0.05, 0.1) is 13.7 Å². The van der Waals surface area contributed by atoms with E-state index in [1.54, 1.807) is 25.3 Å². The van der Waals surface area contributed by atoms with Crippen LogP contribution in [-0.4, -0.2) is 24.2 Å². The number of methoxy groups -OCH3 is 1. The smallest absolute Gasteiger partial charge is 0.189 e. The predicted octanol–water partition coefficient (Wildman–Crippen LogP) is 1.59. The second-order valence-corrected chi connectivity index (χ2v) is 4.11. The van der Waals surface area contributed by atoms with Gasteiger partial charge in [0.25, 0.3) is 0 Å². The van der Waals surface area contributed by atoms with E-state index < -0.39 is 0 Å². The first-order chi connectivity index (χ1) is 8.19. The molecule has 1 aliphatic carbocycles. The van der Waals surface area contributed by atoms with Crippen molar-refractivity contribution in [2.75, 3.05) is 7.11 Å². The Kier molecular flexibility index (Phi) is 5.52. The van der Waals surface area contributed by atoms with Crippen molar-refractivity contribution in [2.24, 2.45) is 10.7 Å². The second-order valence-electron chi connectivity index (χ2n) is 4.11. The van der Waals surface area contributed by atoms with Crippen LogP contribution in [0.1, 0.15) is 18.4 Å². The molecule has 0 saturated heterocycles. The molecular weight excluding hydrogens is 345 g/mol. The highest BCUT2D eigenvalue weighted by molar-refractivity contribution is 14.0. The van der Waals surface area contributed by atoms with Crippen LogP contribution < -0.4 is 15.8 Å². The summed E-state index contributed by atoms with van der Waals surface area (Å²) in [6.45, 7) is 0.342. The van der Waals surface area contributed by atoms with Crippen LogP contribution in [0.5, 0.6) is 11.5 Å². The average Bonchev–Trinajstić information content (AvgIpc) is 3.12. The molecule has 1 saturated carbocycles. The molecule has 0 unspecified atom stereocenters. The van der Waals surface area contributed by atoms with Crippen LogP contribution in [0, 0.1) is 0 Å². The first-order valence-electron chi connectivity index (χ1n) is 5.61. The van der Waals surface area contributed by atoms with Crippen molar-refractivity contribution in [1.29, 1.82) is 0 Å². The van der Waals surface area contributed by atoms with Crippen LogP contribution in [0.3, 0.4) is 0 Å². The van der Waals surface area contributed by atoms with Crippen LogP contribution in [0.25, 0.3) is 0 Å². The number of nitrogens with zero attached hydrogens (tertiary/aromatic N) is 1. The SMILES string of the molecule is COc1ccc(O)c(CN=C(N)NC2CC2)c1.I. The molecule has 1 fully saturated rings. The topological polar surface area (TPSA) is 79.9 Å². The minimum absolute atomic E-state index is 0. The Morgan fingerprint density at radius 2 is 2.28 bits per heavy atom. The van der Waals surface area contributed by atoms with E-state index in [9.17, 15) is 5.11 Å². The van der Waals surface area contributed by atoms with Gasteiger partial charge < -0.3 is 20.9 Å². The maximum Gasteiger partial charge on any atom is 0.189 e. The highest BCUT2D eigenvalue weighted by Crippen LogP contribution is 2.23. The Hall–Kier alpha value is -1.18. The molecule has 5 nitrogen and oxygen atoms in total. The van der Waals surface area contributed by atoms with Gasteiger partial charge in [-0.3, -0.25) is 0 Å². The zero-order chi connectivity index (χ0) is 12.3. The van der Waals surface area contributed by atoms with Crippen LogP contribution in [-0.2, 0) is 6.54 Å². The molecule has 1 aromatic carbocycles. The number of nitrogens with one attached hydrogen (secondary N) is 1. The second kappa shape index (κ2) is 6.67. The molecule has 0 spiro atoms. The molecule has 0 atom stereocenters. The Balaban J connectivity index is 0.00000162. The lowest BCUT2D eigenvalue weighted by Gasteiger charge is -2.06. The van der Waals surface area contributed by atoms with E-state index >= 15 is 0 Å². The largest absolute Gasteiger partial charge is 0.508 e. The zero-order valence-corrected chi connectivity index (χ0v) is 12.5. The number of benzene rings is 1. The molecule has 18 heavy (non-hydrogen) atoms. The number of nitrogens with two attached hydrogens (primary N) is 1. The fourth-order valence-corrected chi connectivity index (χ4v) is 1.47. The normalized spacial score (nSPS) is 14.8. The third-order valence-electron chi connectivity index (χ3n) is 2.64. The van der Waals surface area contributed by atoms with E-state index in [0.29, 0.717) is 29.9 Å². The number of guanidine groups is 1. The van der Waals surface area contributed by atoms with E-state index in [2.05, 4.69) is 10.3 Å². The van der Waals surface area contributed by atoms with Crippen molar-refractivity contribution in [3.05, 3.63) is 23.8 Å². The molecule has 0 aromatic heterocycles. The number of aliphatic imine (C=N–C) groups is 1. The van der Waals surface area contributed by atoms with Gasteiger partial charge in [-0.2, -0.15) is 0 Å². The van der Waals surface area contributed by atoms with Gasteiger partial charge in [0.15, 0.2) is 5.96 Å². The van der Waals surface area contributed by atoms with E-state index in [1.165, 1.54) is 0 Å². The monoisotopic (exact) mass is 363 g/mol. The van der Waals surface area contributed by atoms with Gasteiger partial charge in [0.1, 0.15) is 11.5 Å². The van der Waals surface area contributed by atoms with Crippen LogP contribution in [0.4, 0.5) is 0 Å². The van der Waals surface area contributed by atoms with Gasteiger partial charge >= 0.3 is 0 Å². The number of rotatable bonds is 4. The summed E-state index contributed by atoms with van der Waals surface area (Å²) < 4.78 is 5.08. The summed E-state index contributed by atoms with van der Waals surface area (Å²) in [7, 11) is 1.59. The van der Waals surface area contributed by atoms with E-state index in [1.807, 2.05) is 0 Å². The van der Waals surface area contributed by atoms with Crippen molar-refractivity contribution in [1.82, 2.24) is 5.32 Å². The van der Waals surface area contributed by atoms with Crippen molar-refractivity contribution in [2.45, 2.75) is 25.4 Å².